The Balaban J connectivity index is 2.12. The smallest absolute Gasteiger partial charge is 0.184 e. The molecule has 1 unspecified atom stereocenters. The lowest BCUT2D eigenvalue weighted by Gasteiger charge is -2.21. The molecule has 0 saturated heterocycles. The molecule has 98 valence electrons. The molecule has 1 fully saturated rings. The van der Waals surface area contributed by atoms with Crippen LogP contribution in [0.1, 0.15) is 42.5 Å². The third kappa shape index (κ3) is 3.50. The highest BCUT2D eigenvalue weighted by atomic mass is 35.5. The van der Waals surface area contributed by atoms with Gasteiger partial charge in [-0.05, 0) is 45.5 Å². The molecule has 1 atom stereocenters. The molecular formula is C14H18ClOPS. The number of carbonyl (C=O) groups is 1. The largest absolute Gasteiger partial charge is 0.289 e. The van der Waals surface area contributed by atoms with Crippen LogP contribution in [-0.2, 0) is 0 Å². The summed E-state index contributed by atoms with van der Waals surface area (Å²) in [6.07, 6.45) is 8.31. The summed E-state index contributed by atoms with van der Waals surface area (Å²) in [5.74, 6) is 0. The van der Waals surface area contributed by atoms with E-state index in [1.54, 1.807) is 11.8 Å². The second kappa shape index (κ2) is 6.93. The first-order chi connectivity index (χ1) is 8.72. The molecule has 0 N–H and O–H groups in total. The summed E-state index contributed by atoms with van der Waals surface area (Å²) in [6.45, 7) is 0. The maximum atomic E-state index is 12.4. The van der Waals surface area contributed by atoms with E-state index in [0.29, 0.717) is 19.3 Å². The first-order valence-corrected chi connectivity index (χ1v) is 9.03. The standard InChI is InChI=1S/C14H18ClOPS/c1-18-12-9-5-8-11(15)13(12)14(16)17-10-6-3-2-4-7-10/h5,8-10,17H,2-4,6-7H2,1H3. The van der Waals surface area contributed by atoms with Gasteiger partial charge in [-0.15, -0.1) is 11.8 Å². The van der Waals surface area contributed by atoms with Crippen LogP contribution >= 0.6 is 31.9 Å². The van der Waals surface area contributed by atoms with Gasteiger partial charge in [0.1, 0.15) is 0 Å². The van der Waals surface area contributed by atoms with Crippen LogP contribution in [0.4, 0.5) is 0 Å². The zero-order chi connectivity index (χ0) is 13.0. The fourth-order valence-corrected chi connectivity index (χ4v) is 4.99. The Hall–Kier alpha value is -0.0400. The van der Waals surface area contributed by atoms with Gasteiger partial charge in [0.25, 0.3) is 0 Å². The third-order valence-electron chi connectivity index (χ3n) is 3.36. The van der Waals surface area contributed by atoms with Crippen LogP contribution in [0.15, 0.2) is 23.1 Å². The summed E-state index contributed by atoms with van der Waals surface area (Å²) in [6, 6.07) is 5.71. The van der Waals surface area contributed by atoms with Crippen LogP contribution in [0.3, 0.4) is 0 Å². The molecule has 1 aliphatic carbocycles. The molecule has 1 aromatic rings. The van der Waals surface area contributed by atoms with Gasteiger partial charge in [0.2, 0.25) is 0 Å². The summed E-state index contributed by atoms with van der Waals surface area (Å²) in [5.41, 5.74) is 1.59. The van der Waals surface area contributed by atoms with Gasteiger partial charge < -0.3 is 0 Å². The van der Waals surface area contributed by atoms with Crippen LogP contribution in [0, 0.1) is 0 Å². The lowest BCUT2D eigenvalue weighted by molar-refractivity contribution is 0.108. The quantitative estimate of drug-likeness (QED) is 0.560. The monoisotopic (exact) mass is 300 g/mol. The second-order valence-electron chi connectivity index (χ2n) is 4.63. The van der Waals surface area contributed by atoms with Crippen molar-refractivity contribution in [1.29, 1.82) is 0 Å². The van der Waals surface area contributed by atoms with E-state index in [-0.39, 0.29) is 5.52 Å². The molecular weight excluding hydrogens is 283 g/mol. The molecule has 0 heterocycles. The van der Waals surface area contributed by atoms with E-state index in [9.17, 15) is 4.79 Å². The number of hydrogen-bond acceptors (Lipinski definition) is 2. The molecule has 0 radical (unpaired) electrons. The van der Waals surface area contributed by atoms with Gasteiger partial charge >= 0.3 is 0 Å². The van der Waals surface area contributed by atoms with Crippen LogP contribution in [0.2, 0.25) is 5.02 Å². The van der Waals surface area contributed by atoms with E-state index in [2.05, 4.69) is 0 Å². The summed E-state index contributed by atoms with van der Waals surface area (Å²) in [7, 11) is 0.392. The van der Waals surface area contributed by atoms with Gasteiger partial charge in [0, 0.05) is 4.90 Å². The molecule has 0 amide bonds. The van der Waals surface area contributed by atoms with E-state index in [0.717, 1.165) is 10.5 Å². The van der Waals surface area contributed by atoms with Crippen LogP contribution < -0.4 is 0 Å². The van der Waals surface area contributed by atoms with Crippen molar-refractivity contribution in [1.82, 2.24) is 0 Å². The molecule has 4 heteroatoms. The Morgan fingerprint density at radius 1 is 1.33 bits per heavy atom. The minimum Gasteiger partial charge on any atom is -0.289 e. The van der Waals surface area contributed by atoms with E-state index in [1.165, 1.54) is 32.1 Å². The van der Waals surface area contributed by atoms with E-state index >= 15 is 0 Å². The average Bonchev–Trinajstić information content (AvgIpc) is 2.39. The molecule has 2 rings (SSSR count). The molecule has 0 bridgehead atoms. The Kier molecular flexibility index (Phi) is 5.54. The van der Waals surface area contributed by atoms with E-state index in [1.807, 2.05) is 24.5 Å². The predicted octanol–water partition coefficient (Wildman–Crippen LogP) is 5.21. The van der Waals surface area contributed by atoms with Crippen LogP contribution in [-0.4, -0.2) is 17.4 Å². The van der Waals surface area contributed by atoms with Gasteiger partial charge in [-0.25, -0.2) is 0 Å². The minimum absolute atomic E-state index is 0.247. The van der Waals surface area contributed by atoms with Crippen LogP contribution in [0.5, 0.6) is 0 Å². The van der Waals surface area contributed by atoms with Gasteiger partial charge in [-0.1, -0.05) is 36.9 Å². The summed E-state index contributed by atoms with van der Waals surface area (Å²) in [5, 5.41) is 0.607. The molecule has 1 saturated carbocycles. The first kappa shape index (κ1) is 14.4. The highest BCUT2D eigenvalue weighted by Crippen LogP contribution is 2.39. The summed E-state index contributed by atoms with van der Waals surface area (Å²) < 4.78 is 0. The Morgan fingerprint density at radius 2 is 2.06 bits per heavy atom. The summed E-state index contributed by atoms with van der Waals surface area (Å²) in [4.78, 5) is 13.4. The minimum atomic E-state index is 0.247. The maximum absolute atomic E-state index is 12.4. The predicted molar refractivity (Wildman–Crippen MR) is 82.8 cm³/mol. The van der Waals surface area contributed by atoms with Crippen molar-refractivity contribution in [3.8, 4) is 0 Å². The first-order valence-electron chi connectivity index (χ1n) is 6.35. The second-order valence-corrected chi connectivity index (χ2v) is 7.44. The number of hydrogen-bond donors (Lipinski definition) is 0. The third-order valence-corrected chi connectivity index (χ3v) is 5.96. The number of benzene rings is 1. The Bertz CT molecular complexity index is 430. The van der Waals surface area contributed by atoms with E-state index < -0.39 is 0 Å². The van der Waals surface area contributed by atoms with Gasteiger partial charge in [-0.3, -0.25) is 4.79 Å². The lowest BCUT2D eigenvalue weighted by atomic mass is 10.0. The average molecular weight is 301 g/mol. The number of thioether (sulfide) groups is 1. The zero-order valence-electron chi connectivity index (χ0n) is 10.5. The SMILES string of the molecule is CSc1cccc(Cl)c1C(=O)PC1CCCCC1. The van der Waals surface area contributed by atoms with Crippen molar-refractivity contribution in [2.75, 3.05) is 6.26 Å². The molecule has 1 nitrogen and oxygen atoms in total. The fraction of sp³-hybridized carbons (Fsp3) is 0.500. The highest BCUT2D eigenvalue weighted by molar-refractivity contribution is 7.98. The van der Waals surface area contributed by atoms with Crippen molar-refractivity contribution >= 4 is 37.5 Å². The fourth-order valence-electron chi connectivity index (χ4n) is 2.40. The normalized spacial score (nSPS) is 17.4. The van der Waals surface area contributed by atoms with Gasteiger partial charge in [-0.2, -0.15) is 0 Å². The molecule has 18 heavy (non-hydrogen) atoms. The Morgan fingerprint density at radius 3 is 2.72 bits per heavy atom. The highest BCUT2D eigenvalue weighted by Gasteiger charge is 2.21. The topological polar surface area (TPSA) is 17.1 Å². The van der Waals surface area contributed by atoms with Gasteiger partial charge in [0.15, 0.2) is 5.52 Å². The molecule has 0 spiro atoms. The molecule has 1 aliphatic rings. The number of carbonyl (C=O) groups excluding carboxylic acids is 1. The summed E-state index contributed by atoms with van der Waals surface area (Å²) >= 11 is 7.79. The molecule has 0 aromatic heterocycles. The Labute approximate surface area is 120 Å². The van der Waals surface area contributed by atoms with Crippen molar-refractivity contribution in [2.45, 2.75) is 42.7 Å². The van der Waals surface area contributed by atoms with Crippen molar-refractivity contribution in [3.05, 3.63) is 28.8 Å². The van der Waals surface area contributed by atoms with Crippen molar-refractivity contribution in [3.63, 3.8) is 0 Å². The molecule has 1 aromatic carbocycles. The maximum Gasteiger partial charge on any atom is 0.184 e. The zero-order valence-corrected chi connectivity index (χ0v) is 13.1. The number of rotatable bonds is 4. The van der Waals surface area contributed by atoms with Gasteiger partial charge in [0.05, 0.1) is 10.6 Å². The van der Waals surface area contributed by atoms with E-state index in [4.69, 9.17) is 11.6 Å². The van der Waals surface area contributed by atoms with Crippen molar-refractivity contribution in [2.24, 2.45) is 0 Å². The van der Waals surface area contributed by atoms with Crippen LogP contribution in [0.25, 0.3) is 0 Å². The molecule has 0 aliphatic heterocycles. The van der Waals surface area contributed by atoms with Crippen molar-refractivity contribution < 1.29 is 4.79 Å². The lowest BCUT2D eigenvalue weighted by Crippen LogP contribution is -2.10. The number of halogens is 1.